The fraction of sp³-hybridized carbons (Fsp3) is 0.300. The Hall–Kier alpha value is -0.650. The Labute approximate surface area is 108 Å². The van der Waals surface area contributed by atoms with Gasteiger partial charge in [0.05, 0.1) is 13.5 Å². The van der Waals surface area contributed by atoms with E-state index in [2.05, 4.69) is 20.7 Å². The summed E-state index contributed by atoms with van der Waals surface area (Å²) < 4.78 is 17.8. The van der Waals surface area contributed by atoms with Gasteiger partial charge >= 0.3 is 5.97 Å². The molecule has 0 aliphatic heterocycles. The molecule has 0 amide bonds. The number of hydrogen-bond donors (Lipinski definition) is 1. The molecule has 0 aliphatic rings. The SMILES string of the molecule is COC(=O)C[C@H](N)c1ccc(F)cc1Br.Cl. The molecule has 1 atom stereocenters. The highest BCUT2D eigenvalue weighted by Gasteiger charge is 2.14. The normalized spacial score (nSPS) is 11.5. The molecule has 0 heterocycles. The van der Waals surface area contributed by atoms with Crippen LogP contribution in [-0.2, 0) is 9.53 Å². The van der Waals surface area contributed by atoms with E-state index in [0.29, 0.717) is 10.0 Å². The lowest BCUT2D eigenvalue weighted by molar-refractivity contribution is -0.141. The molecule has 6 heteroatoms. The van der Waals surface area contributed by atoms with Gasteiger partial charge in [-0.15, -0.1) is 12.4 Å². The summed E-state index contributed by atoms with van der Waals surface area (Å²) in [5, 5.41) is 0. The predicted molar refractivity (Wildman–Crippen MR) is 64.9 cm³/mol. The van der Waals surface area contributed by atoms with Crippen molar-refractivity contribution in [1.82, 2.24) is 0 Å². The van der Waals surface area contributed by atoms with Crippen molar-refractivity contribution in [2.45, 2.75) is 12.5 Å². The second-order valence-electron chi connectivity index (χ2n) is 3.05. The molecule has 0 bridgehead atoms. The van der Waals surface area contributed by atoms with Gasteiger partial charge in [-0.25, -0.2) is 4.39 Å². The van der Waals surface area contributed by atoms with Gasteiger partial charge in [0.15, 0.2) is 0 Å². The van der Waals surface area contributed by atoms with Gasteiger partial charge in [-0.05, 0) is 17.7 Å². The number of rotatable bonds is 3. The van der Waals surface area contributed by atoms with Crippen molar-refractivity contribution >= 4 is 34.3 Å². The number of carbonyl (C=O) groups excluding carboxylic acids is 1. The summed E-state index contributed by atoms with van der Waals surface area (Å²) in [6.07, 6.45) is 0.0702. The van der Waals surface area contributed by atoms with Crippen molar-refractivity contribution in [3.05, 3.63) is 34.1 Å². The molecule has 0 radical (unpaired) electrons. The number of benzene rings is 1. The van der Waals surface area contributed by atoms with Crippen LogP contribution in [0.4, 0.5) is 4.39 Å². The molecule has 0 saturated heterocycles. The quantitative estimate of drug-likeness (QED) is 0.873. The number of nitrogens with two attached hydrogens (primary N) is 1. The molecule has 2 N–H and O–H groups in total. The van der Waals surface area contributed by atoms with Crippen LogP contribution in [0.5, 0.6) is 0 Å². The van der Waals surface area contributed by atoms with Gasteiger partial charge in [-0.2, -0.15) is 0 Å². The minimum Gasteiger partial charge on any atom is -0.469 e. The topological polar surface area (TPSA) is 52.3 Å². The largest absolute Gasteiger partial charge is 0.469 e. The van der Waals surface area contributed by atoms with Gasteiger partial charge in [0.25, 0.3) is 0 Å². The van der Waals surface area contributed by atoms with Gasteiger partial charge in [-0.3, -0.25) is 4.79 Å². The molecule has 0 saturated carbocycles. The van der Waals surface area contributed by atoms with Crippen molar-refractivity contribution in [1.29, 1.82) is 0 Å². The van der Waals surface area contributed by atoms with Crippen molar-refractivity contribution in [2.75, 3.05) is 7.11 Å². The van der Waals surface area contributed by atoms with E-state index in [1.807, 2.05) is 0 Å². The lowest BCUT2D eigenvalue weighted by atomic mass is 10.1. The Bertz CT molecular complexity index is 376. The van der Waals surface area contributed by atoms with Crippen LogP contribution in [0.2, 0.25) is 0 Å². The highest BCUT2D eigenvalue weighted by atomic mass is 79.9. The van der Waals surface area contributed by atoms with E-state index in [-0.39, 0.29) is 24.6 Å². The number of ether oxygens (including phenoxy) is 1. The summed E-state index contributed by atoms with van der Waals surface area (Å²) in [6.45, 7) is 0. The second kappa shape index (κ2) is 6.83. The summed E-state index contributed by atoms with van der Waals surface area (Å²) in [4.78, 5) is 11.0. The van der Waals surface area contributed by atoms with Crippen molar-refractivity contribution in [3.8, 4) is 0 Å². The monoisotopic (exact) mass is 311 g/mol. The van der Waals surface area contributed by atoms with Crippen molar-refractivity contribution < 1.29 is 13.9 Å². The standard InChI is InChI=1S/C10H11BrFNO2.ClH/c1-15-10(14)5-9(13)7-3-2-6(12)4-8(7)11;/h2-4,9H,5,13H2,1H3;1H/t9-;/m0./s1. The molecule has 0 aromatic heterocycles. The molecule has 1 aromatic carbocycles. The van der Waals surface area contributed by atoms with Crippen LogP contribution in [0, 0.1) is 5.82 Å². The van der Waals surface area contributed by atoms with Gasteiger partial charge < -0.3 is 10.5 Å². The highest BCUT2D eigenvalue weighted by Crippen LogP contribution is 2.24. The number of carbonyl (C=O) groups is 1. The first-order chi connectivity index (χ1) is 7.04. The second-order valence-corrected chi connectivity index (χ2v) is 3.91. The van der Waals surface area contributed by atoms with Crippen molar-refractivity contribution in [3.63, 3.8) is 0 Å². The molecule has 3 nitrogen and oxygen atoms in total. The average Bonchev–Trinajstić information content (AvgIpc) is 2.17. The summed E-state index contributed by atoms with van der Waals surface area (Å²) in [6, 6.07) is 3.67. The first-order valence-electron chi connectivity index (χ1n) is 4.32. The van der Waals surface area contributed by atoms with E-state index in [1.165, 1.54) is 19.2 Å². The smallest absolute Gasteiger partial charge is 0.307 e. The van der Waals surface area contributed by atoms with Crippen LogP contribution in [0.3, 0.4) is 0 Å². The van der Waals surface area contributed by atoms with Crippen LogP contribution in [0.15, 0.2) is 22.7 Å². The van der Waals surface area contributed by atoms with E-state index in [4.69, 9.17) is 5.73 Å². The van der Waals surface area contributed by atoms with Crippen LogP contribution in [0.25, 0.3) is 0 Å². The maximum Gasteiger partial charge on any atom is 0.307 e. The number of hydrogen-bond acceptors (Lipinski definition) is 3. The summed E-state index contributed by atoms with van der Waals surface area (Å²) in [5.74, 6) is -0.741. The van der Waals surface area contributed by atoms with E-state index < -0.39 is 12.0 Å². The van der Waals surface area contributed by atoms with E-state index in [0.717, 1.165) is 0 Å². The summed E-state index contributed by atoms with van der Waals surface area (Å²) in [7, 11) is 1.30. The third-order valence-electron chi connectivity index (χ3n) is 1.98. The summed E-state index contributed by atoms with van der Waals surface area (Å²) in [5.41, 5.74) is 6.45. The zero-order valence-corrected chi connectivity index (χ0v) is 11.0. The fourth-order valence-corrected chi connectivity index (χ4v) is 1.82. The fourth-order valence-electron chi connectivity index (χ4n) is 1.18. The maximum absolute atomic E-state index is 12.8. The molecular weight excluding hydrogens is 300 g/mol. The zero-order chi connectivity index (χ0) is 11.4. The molecule has 0 unspecified atom stereocenters. The Balaban J connectivity index is 0.00000225. The van der Waals surface area contributed by atoms with E-state index in [1.54, 1.807) is 6.07 Å². The Kier molecular flexibility index (Phi) is 6.55. The van der Waals surface area contributed by atoms with Crippen LogP contribution in [0.1, 0.15) is 18.0 Å². The van der Waals surface area contributed by atoms with Crippen LogP contribution < -0.4 is 5.73 Å². The molecule has 1 aromatic rings. The molecule has 90 valence electrons. The predicted octanol–water partition coefficient (Wildman–Crippen LogP) is 2.57. The first kappa shape index (κ1) is 15.3. The van der Waals surface area contributed by atoms with E-state index >= 15 is 0 Å². The third kappa shape index (κ3) is 4.08. The molecular formula is C10H12BrClFNO2. The number of halogens is 3. The Morgan fingerprint density at radius 1 is 1.62 bits per heavy atom. The maximum atomic E-state index is 12.8. The molecule has 1 rings (SSSR count). The minimum absolute atomic E-state index is 0. The molecule has 0 fully saturated rings. The Morgan fingerprint density at radius 2 is 2.25 bits per heavy atom. The van der Waals surface area contributed by atoms with Gasteiger partial charge in [0.1, 0.15) is 5.82 Å². The minimum atomic E-state index is -0.493. The van der Waals surface area contributed by atoms with E-state index in [9.17, 15) is 9.18 Å². The lowest BCUT2D eigenvalue weighted by Crippen LogP contribution is -2.16. The van der Waals surface area contributed by atoms with Gasteiger partial charge in [-0.1, -0.05) is 22.0 Å². The van der Waals surface area contributed by atoms with Gasteiger partial charge in [0, 0.05) is 10.5 Å². The molecule has 0 aliphatic carbocycles. The number of methoxy groups -OCH3 is 1. The highest BCUT2D eigenvalue weighted by molar-refractivity contribution is 9.10. The first-order valence-corrected chi connectivity index (χ1v) is 5.11. The van der Waals surface area contributed by atoms with Crippen molar-refractivity contribution in [2.24, 2.45) is 5.73 Å². The Morgan fingerprint density at radius 3 is 2.75 bits per heavy atom. The number of esters is 1. The lowest BCUT2D eigenvalue weighted by Gasteiger charge is -2.12. The third-order valence-corrected chi connectivity index (χ3v) is 2.66. The average molecular weight is 313 g/mol. The molecule has 0 spiro atoms. The summed E-state index contributed by atoms with van der Waals surface area (Å²) >= 11 is 3.19. The van der Waals surface area contributed by atoms with Crippen LogP contribution >= 0.6 is 28.3 Å². The van der Waals surface area contributed by atoms with Crippen LogP contribution in [-0.4, -0.2) is 13.1 Å². The zero-order valence-electron chi connectivity index (χ0n) is 8.57. The molecule has 16 heavy (non-hydrogen) atoms. The van der Waals surface area contributed by atoms with Gasteiger partial charge in [0.2, 0.25) is 0 Å².